The minimum absolute atomic E-state index is 0.0403. The predicted octanol–water partition coefficient (Wildman–Crippen LogP) is 3.39. The minimum atomic E-state index is 0.0403. The molecule has 0 aliphatic heterocycles. The molecule has 0 bridgehead atoms. The lowest BCUT2D eigenvalue weighted by Gasteiger charge is -2.15. The Kier molecular flexibility index (Phi) is 4.13. The number of carbonyl (C=O) groups is 1. The van der Waals surface area contributed by atoms with Crippen molar-refractivity contribution in [1.82, 2.24) is 4.98 Å². The number of ketones is 1. The molecule has 1 aliphatic rings. The van der Waals surface area contributed by atoms with Crippen LogP contribution in [0, 0.1) is 0 Å². The van der Waals surface area contributed by atoms with Crippen molar-refractivity contribution in [2.45, 2.75) is 51.6 Å². The normalized spacial score (nSPS) is 17.5. The summed E-state index contributed by atoms with van der Waals surface area (Å²) in [5.41, 5.74) is 0.637. The molecule has 3 nitrogen and oxygen atoms in total. The fourth-order valence-electron chi connectivity index (χ4n) is 2.19. The van der Waals surface area contributed by atoms with Gasteiger partial charge in [-0.3, -0.25) is 4.79 Å². The summed E-state index contributed by atoms with van der Waals surface area (Å²) in [5, 5.41) is 0. The second-order valence-electron chi connectivity index (χ2n) is 4.67. The lowest BCUT2D eigenvalue weighted by Crippen LogP contribution is -2.15. The number of carbonyl (C=O) groups excluding carboxylic acids is 1. The van der Waals surface area contributed by atoms with E-state index in [0.717, 1.165) is 12.8 Å². The molecule has 0 aromatic carbocycles. The van der Waals surface area contributed by atoms with Crippen molar-refractivity contribution < 1.29 is 9.53 Å². The highest BCUT2D eigenvalue weighted by molar-refractivity contribution is 5.93. The zero-order valence-electron chi connectivity index (χ0n) is 10.3. The van der Waals surface area contributed by atoms with Crippen LogP contribution in [0.5, 0.6) is 5.88 Å². The Morgan fingerprint density at radius 2 is 1.94 bits per heavy atom. The summed E-state index contributed by atoms with van der Waals surface area (Å²) < 4.78 is 5.85. The Balaban J connectivity index is 1.95. The van der Waals surface area contributed by atoms with Crippen molar-refractivity contribution in [2.24, 2.45) is 0 Å². The standard InChI is InChI=1S/C14H19NO2/c1-11(16)12-8-9-14(15-10-12)17-13-6-4-2-3-5-7-13/h8-10,13H,2-7H2,1H3. The summed E-state index contributed by atoms with van der Waals surface area (Å²) in [6, 6.07) is 3.57. The molecule has 0 atom stereocenters. The minimum Gasteiger partial charge on any atom is -0.474 e. The molecular weight excluding hydrogens is 214 g/mol. The third-order valence-electron chi connectivity index (χ3n) is 3.23. The topological polar surface area (TPSA) is 39.2 Å². The molecule has 1 saturated carbocycles. The van der Waals surface area contributed by atoms with Crippen molar-refractivity contribution in [3.63, 3.8) is 0 Å². The summed E-state index contributed by atoms with van der Waals surface area (Å²) in [5.74, 6) is 0.681. The van der Waals surface area contributed by atoms with Crippen LogP contribution >= 0.6 is 0 Å². The molecule has 0 saturated heterocycles. The van der Waals surface area contributed by atoms with E-state index in [-0.39, 0.29) is 5.78 Å². The van der Waals surface area contributed by atoms with E-state index in [2.05, 4.69) is 4.98 Å². The highest BCUT2D eigenvalue weighted by Crippen LogP contribution is 2.21. The van der Waals surface area contributed by atoms with Crippen molar-refractivity contribution in [3.05, 3.63) is 23.9 Å². The highest BCUT2D eigenvalue weighted by atomic mass is 16.5. The highest BCUT2D eigenvalue weighted by Gasteiger charge is 2.14. The van der Waals surface area contributed by atoms with Gasteiger partial charge in [0.25, 0.3) is 0 Å². The van der Waals surface area contributed by atoms with Crippen molar-refractivity contribution in [2.75, 3.05) is 0 Å². The molecule has 1 heterocycles. The Bertz CT molecular complexity index is 364. The fraction of sp³-hybridized carbons (Fsp3) is 0.571. The average molecular weight is 233 g/mol. The van der Waals surface area contributed by atoms with E-state index in [1.165, 1.54) is 25.7 Å². The fourth-order valence-corrected chi connectivity index (χ4v) is 2.19. The van der Waals surface area contributed by atoms with Gasteiger partial charge in [-0.15, -0.1) is 0 Å². The van der Waals surface area contributed by atoms with Gasteiger partial charge in [-0.25, -0.2) is 4.98 Å². The molecule has 1 aliphatic carbocycles. The molecule has 0 unspecified atom stereocenters. The van der Waals surface area contributed by atoms with E-state index in [0.29, 0.717) is 17.5 Å². The average Bonchev–Trinajstić information content (AvgIpc) is 2.58. The Morgan fingerprint density at radius 1 is 1.24 bits per heavy atom. The molecule has 0 amide bonds. The van der Waals surface area contributed by atoms with E-state index < -0.39 is 0 Å². The number of ether oxygens (including phenoxy) is 1. The number of hydrogen-bond acceptors (Lipinski definition) is 3. The van der Waals surface area contributed by atoms with Gasteiger partial charge in [-0.1, -0.05) is 12.8 Å². The first-order chi connectivity index (χ1) is 8.25. The number of aromatic nitrogens is 1. The molecular formula is C14H19NO2. The third kappa shape index (κ3) is 3.55. The van der Waals surface area contributed by atoms with Crippen LogP contribution in [0.4, 0.5) is 0 Å². The molecule has 0 radical (unpaired) electrons. The second-order valence-corrected chi connectivity index (χ2v) is 4.67. The van der Waals surface area contributed by atoms with Crippen LogP contribution in [0.15, 0.2) is 18.3 Å². The van der Waals surface area contributed by atoms with Crippen LogP contribution in [0.2, 0.25) is 0 Å². The monoisotopic (exact) mass is 233 g/mol. The lowest BCUT2D eigenvalue weighted by atomic mass is 10.1. The van der Waals surface area contributed by atoms with Crippen molar-refractivity contribution in [3.8, 4) is 5.88 Å². The SMILES string of the molecule is CC(=O)c1ccc(OC2CCCCCC2)nc1. The van der Waals surface area contributed by atoms with Gasteiger partial charge in [0.05, 0.1) is 0 Å². The summed E-state index contributed by atoms with van der Waals surface area (Å²) in [6.45, 7) is 1.54. The Morgan fingerprint density at radius 3 is 2.47 bits per heavy atom. The lowest BCUT2D eigenvalue weighted by molar-refractivity contribution is 0.101. The molecule has 0 spiro atoms. The maximum Gasteiger partial charge on any atom is 0.213 e. The maximum absolute atomic E-state index is 11.1. The zero-order valence-corrected chi connectivity index (χ0v) is 10.3. The van der Waals surface area contributed by atoms with Gasteiger partial charge in [0.2, 0.25) is 5.88 Å². The molecule has 1 aromatic heterocycles. The summed E-state index contributed by atoms with van der Waals surface area (Å²) >= 11 is 0. The van der Waals surface area contributed by atoms with E-state index in [4.69, 9.17) is 4.74 Å². The maximum atomic E-state index is 11.1. The van der Waals surface area contributed by atoms with E-state index in [9.17, 15) is 4.79 Å². The number of Topliss-reactive ketones (excluding diaryl/α,β-unsaturated/α-hetero) is 1. The molecule has 17 heavy (non-hydrogen) atoms. The van der Waals surface area contributed by atoms with Crippen LogP contribution in [0.25, 0.3) is 0 Å². The van der Waals surface area contributed by atoms with Crippen LogP contribution in [0.1, 0.15) is 55.8 Å². The Labute approximate surface area is 102 Å². The van der Waals surface area contributed by atoms with Gasteiger partial charge in [-0.05, 0) is 38.7 Å². The van der Waals surface area contributed by atoms with Gasteiger partial charge in [0, 0.05) is 17.8 Å². The molecule has 0 N–H and O–H groups in total. The van der Waals surface area contributed by atoms with Gasteiger partial charge in [0.15, 0.2) is 5.78 Å². The van der Waals surface area contributed by atoms with Gasteiger partial charge < -0.3 is 4.74 Å². The van der Waals surface area contributed by atoms with E-state index >= 15 is 0 Å². The van der Waals surface area contributed by atoms with Gasteiger partial charge >= 0.3 is 0 Å². The molecule has 1 fully saturated rings. The number of hydrogen-bond donors (Lipinski definition) is 0. The quantitative estimate of drug-likeness (QED) is 0.593. The molecule has 92 valence electrons. The predicted molar refractivity (Wildman–Crippen MR) is 66.4 cm³/mol. The van der Waals surface area contributed by atoms with Gasteiger partial charge in [-0.2, -0.15) is 0 Å². The number of pyridine rings is 1. The van der Waals surface area contributed by atoms with E-state index in [1.807, 2.05) is 0 Å². The summed E-state index contributed by atoms with van der Waals surface area (Å²) in [6.07, 6.45) is 9.26. The number of rotatable bonds is 3. The summed E-state index contributed by atoms with van der Waals surface area (Å²) in [4.78, 5) is 15.3. The largest absolute Gasteiger partial charge is 0.474 e. The van der Waals surface area contributed by atoms with Crippen LogP contribution in [-0.4, -0.2) is 16.9 Å². The van der Waals surface area contributed by atoms with E-state index in [1.54, 1.807) is 25.3 Å². The third-order valence-corrected chi connectivity index (χ3v) is 3.23. The van der Waals surface area contributed by atoms with Crippen LogP contribution in [0.3, 0.4) is 0 Å². The second kappa shape index (κ2) is 5.80. The van der Waals surface area contributed by atoms with Crippen LogP contribution in [-0.2, 0) is 0 Å². The van der Waals surface area contributed by atoms with Gasteiger partial charge in [0.1, 0.15) is 6.10 Å². The first-order valence-corrected chi connectivity index (χ1v) is 6.39. The first-order valence-electron chi connectivity index (χ1n) is 6.39. The van der Waals surface area contributed by atoms with Crippen LogP contribution < -0.4 is 4.74 Å². The van der Waals surface area contributed by atoms with Crippen molar-refractivity contribution in [1.29, 1.82) is 0 Å². The number of nitrogens with zero attached hydrogens (tertiary/aromatic N) is 1. The molecule has 1 aromatic rings. The van der Waals surface area contributed by atoms with Crippen molar-refractivity contribution >= 4 is 5.78 Å². The summed E-state index contributed by atoms with van der Waals surface area (Å²) in [7, 11) is 0. The molecule has 3 heteroatoms. The smallest absolute Gasteiger partial charge is 0.213 e. The first kappa shape index (κ1) is 12.1. The Hall–Kier alpha value is -1.38. The molecule has 2 rings (SSSR count). The zero-order chi connectivity index (χ0) is 12.1.